The zero-order valence-corrected chi connectivity index (χ0v) is 17.1. The van der Waals surface area contributed by atoms with Gasteiger partial charge in [-0.25, -0.2) is 0 Å². The molecule has 2 aromatic carbocycles. The fraction of sp³-hybridized carbons (Fsp3) is 0.292. The number of aliphatic hydroxyl groups excluding tert-OH is 1. The van der Waals surface area contributed by atoms with Crippen molar-refractivity contribution in [3.63, 3.8) is 0 Å². The molecule has 1 atom stereocenters. The summed E-state index contributed by atoms with van der Waals surface area (Å²) in [5.41, 5.74) is -0.290. The molecule has 0 bridgehead atoms. The van der Waals surface area contributed by atoms with E-state index in [2.05, 4.69) is 0 Å². The monoisotopic (exact) mass is 418 g/mol. The highest BCUT2D eigenvalue weighted by Gasteiger charge is 2.64. The van der Waals surface area contributed by atoms with Crippen molar-refractivity contribution in [3.05, 3.63) is 75.6 Å². The molecule has 0 unspecified atom stereocenters. The Morgan fingerprint density at radius 1 is 1.00 bits per heavy atom. The Balaban J connectivity index is 1.89. The van der Waals surface area contributed by atoms with Gasteiger partial charge in [-0.3, -0.25) is 14.4 Å². The number of aliphatic hydroxyl groups is 1. The van der Waals surface area contributed by atoms with Crippen molar-refractivity contribution in [1.29, 1.82) is 0 Å². The maximum Gasteiger partial charge on any atom is 0.291 e. The maximum atomic E-state index is 14.0. The smallest absolute Gasteiger partial charge is 0.291 e. The number of hydrogen-bond acceptors (Lipinski definition) is 5. The standard InChI is InChI=1S/C24H22N2O5/c1-2-12-25-17-10-5-4-9-16(17)24(23(25)30)19-20(28)15-8-3-6-11-18(15)31-21(19)22(29)26(24)13-7-14-27/h3-6,8-11,27H,2,7,12-14H2,1H3/t24-/m0/s1. The third-order valence-corrected chi connectivity index (χ3v) is 6.13. The van der Waals surface area contributed by atoms with E-state index < -0.39 is 11.4 Å². The van der Waals surface area contributed by atoms with Gasteiger partial charge in [0.15, 0.2) is 11.0 Å². The highest BCUT2D eigenvalue weighted by molar-refractivity contribution is 6.17. The predicted octanol–water partition coefficient (Wildman–Crippen LogP) is 2.63. The van der Waals surface area contributed by atoms with E-state index >= 15 is 0 Å². The normalized spacial score (nSPS) is 19.5. The van der Waals surface area contributed by atoms with E-state index in [4.69, 9.17) is 4.42 Å². The average Bonchev–Trinajstić information content (AvgIpc) is 3.18. The van der Waals surface area contributed by atoms with Crippen LogP contribution in [0.2, 0.25) is 0 Å². The van der Waals surface area contributed by atoms with Crippen LogP contribution in [0.25, 0.3) is 11.0 Å². The number of nitrogens with zero attached hydrogens (tertiary/aromatic N) is 2. The zero-order chi connectivity index (χ0) is 21.8. The highest BCUT2D eigenvalue weighted by Crippen LogP contribution is 2.52. The maximum absolute atomic E-state index is 14.0. The molecule has 7 heteroatoms. The quantitative estimate of drug-likeness (QED) is 0.688. The molecular weight excluding hydrogens is 396 g/mol. The van der Waals surface area contributed by atoms with Gasteiger partial charge in [0.25, 0.3) is 11.8 Å². The Kier molecular flexibility index (Phi) is 4.44. The average molecular weight is 418 g/mol. The van der Waals surface area contributed by atoms with Crippen LogP contribution in [0.3, 0.4) is 0 Å². The van der Waals surface area contributed by atoms with Crippen LogP contribution in [0.5, 0.6) is 0 Å². The summed E-state index contributed by atoms with van der Waals surface area (Å²) in [6.07, 6.45) is 0.998. The summed E-state index contributed by atoms with van der Waals surface area (Å²) >= 11 is 0. The first kappa shape index (κ1) is 19.5. The van der Waals surface area contributed by atoms with Crippen LogP contribution in [0.4, 0.5) is 5.69 Å². The van der Waals surface area contributed by atoms with Crippen LogP contribution in [-0.2, 0) is 10.3 Å². The molecule has 2 amide bonds. The minimum Gasteiger partial charge on any atom is -0.450 e. The van der Waals surface area contributed by atoms with Crippen molar-refractivity contribution in [2.24, 2.45) is 0 Å². The van der Waals surface area contributed by atoms with Crippen LogP contribution < -0.4 is 10.3 Å². The highest BCUT2D eigenvalue weighted by atomic mass is 16.3. The lowest BCUT2D eigenvalue weighted by atomic mass is 9.84. The molecule has 1 spiro atoms. The molecule has 3 aromatic rings. The number of carbonyl (C=O) groups excluding carboxylic acids is 2. The Hall–Kier alpha value is -3.45. The van der Waals surface area contributed by atoms with Gasteiger partial charge < -0.3 is 19.3 Å². The fourth-order valence-electron chi connectivity index (χ4n) is 4.91. The van der Waals surface area contributed by atoms with Gasteiger partial charge in [-0.1, -0.05) is 37.3 Å². The Labute approximate surface area is 178 Å². The van der Waals surface area contributed by atoms with Crippen molar-refractivity contribution in [2.45, 2.75) is 25.3 Å². The first-order valence-electron chi connectivity index (χ1n) is 10.5. The van der Waals surface area contributed by atoms with Crippen LogP contribution in [0.1, 0.15) is 41.4 Å². The summed E-state index contributed by atoms with van der Waals surface area (Å²) in [4.78, 5) is 44.3. The first-order chi connectivity index (χ1) is 15.1. The van der Waals surface area contributed by atoms with Gasteiger partial charge in [0.2, 0.25) is 5.76 Å². The number of anilines is 1. The molecule has 0 saturated carbocycles. The molecule has 0 fully saturated rings. The minimum absolute atomic E-state index is 0.0743. The second-order valence-electron chi connectivity index (χ2n) is 7.85. The van der Waals surface area contributed by atoms with E-state index in [1.807, 2.05) is 19.1 Å². The van der Waals surface area contributed by atoms with Crippen molar-refractivity contribution in [2.75, 3.05) is 24.6 Å². The van der Waals surface area contributed by atoms with Gasteiger partial charge in [-0.2, -0.15) is 0 Å². The summed E-state index contributed by atoms with van der Waals surface area (Å²) in [5.74, 6) is -0.931. The van der Waals surface area contributed by atoms with Crippen LogP contribution >= 0.6 is 0 Å². The van der Waals surface area contributed by atoms with E-state index in [1.54, 1.807) is 41.3 Å². The lowest BCUT2D eigenvalue weighted by Gasteiger charge is -2.34. The molecule has 158 valence electrons. The van der Waals surface area contributed by atoms with Crippen molar-refractivity contribution < 1.29 is 19.1 Å². The van der Waals surface area contributed by atoms with E-state index in [9.17, 15) is 19.5 Å². The van der Waals surface area contributed by atoms with Crippen molar-refractivity contribution in [3.8, 4) is 0 Å². The van der Waals surface area contributed by atoms with Gasteiger partial charge in [0.05, 0.1) is 16.6 Å². The Morgan fingerprint density at radius 3 is 2.52 bits per heavy atom. The summed E-state index contributed by atoms with van der Waals surface area (Å²) in [6.45, 7) is 2.41. The molecule has 0 saturated heterocycles. The fourth-order valence-corrected chi connectivity index (χ4v) is 4.91. The number of benzene rings is 2. The van der Waals surface area contributed by atoms with Crippen LogP contribution in [0, 0.1) is 0 Å². The molecule has 3 heterocycles. The molecule has 5 rings (SSSR count). The second kappa shape index (κ2) is 7.06. The summed E-state index contributed by atoms with van der Waals surface area (Å²) in [5, 5.41) is 9.78. The molecule has 0 aliphatic carbocycles. The van der Waals surface area contributed by atoms with Gasteiger partial charge in [0.1, 0.15) is 5.58 Å². The molecule has 1 N–H and O–H groups in total. The van der Waals surface area contributed by atoms with Gasteiger partial charge in [0, 0.05) is 25.3 Å². The third kappa shape index (κ3) is 2.41. The molecule has 2 aliphatic heterocycles. The van der Waals surface area contributed by atoms with E-state index in [1.165, 1.54) is 4.90 Å². The minimum atomic E-state index is -1.59. The molecule has 2 aliphatic rings. The van der Waals surface area contributed by atoms with E-state index in [0.29, 0.717) is 28.8 Å². The number of para-hydroxylation sites is 2. The van der Waals surface area contributed by atoms with Crippen LogP contribution in [0.15, 0.2) is 57.7 Å². The SMILES string of the molecule is CCCN1C(=O)[C@]2(c3ccccc31)c1c(oc3ccccc3c1=O)C(=O)N2CCCO. The Bertz CT molecular complexity index is 1280. The van der Waals surface area contributed by atoms with Gasteiger partial charge in [-0.15, -0.1) is 0 Å². The predicted molar refractivity (Wildman–Crippen MR) is 115 cm³/mol. The van der Waals surface area contributed by atoms with E-state index in [-0.39, 0.29) is 42.2 Å². The summed E-state index contributed by atoms with van der Waals surface area (Å²) < 4.78 is 5.93. The number of hydrogen-bond donors (Lipinski definition) is 1. The third-order valence-electron chi connectivity index (χ3n) is 6.13. The number of rotatable bonds is 5. The van der Waals surface area contributed by atoms with Crippen molar-refractivity contribution >= 4 is 28.5 Å². The molecular formula is C24H22N2O5. The molecule has 1 aromatic heterocycles. The number of carbonyl (C=O) groups is 2. The Morgan fingerprint density at radius 2 is 1.74 bits per heavy atom. The lowest BCUT2D eigenvalue weighted by molar-refractivity contribution is -0.126. The second-order valence-corrected chi connectivity index (χ2v) is 7.85. The first-order valence-corrected chi connectivity index (χ1v) is 10.5. The number of fused-ring (bicyclic) bond motifs is 5. The zero-order valence-electron chi connectivity index (χ0n) is 17.1. The van der Waals surface area contributed by atoms with Crippen LogP contribution in [-0.4, -0.2) is 41.5 Å². The van der Waals surface area contributed by atoms with E-state index in [0.717, 1.165) is 6.42 Å². The molecule has 7 nitrogen and oxygen atoms in total. The lowest BCUT2D eigenvalue weighted by Crippen LogP contribution is -2.53. The molecule has 0 radical (unpaired) electrons. The van der Waals surface area contributed by atoms with Gasteiger partial charge >= 0.3 is 0 Å². The van der Waals surface area contributed by atoms with Crippen molar-refractivity contribution in [1.82, 2.24) is 4.90 Å². The number of amides is 2. The largest absolute Gasteiger partial charge is 0.450 e. The molecule has 31 heavy (non-hydrogen) atoms. The van der Waals surface area contributed by atoms with Gasteiger partial charge in [-0.05, 0) is 31.0 Å². The topological polar surface area (TPSA) is 91.1 Å². The summed E-state index contributed by atoms with van der Waals surface area (Å²) in [6, 6.07) is 14.0. The summed E-state index contributed by atoms with van der Waals surface area (Å²) in [7, 11) is 0.